The minimum atomic E-state index is -0.252. The molecule has 0 radical (unpaired) electrons. The van der Waals surface area contributed by atoms with E-state index in [-0.39, 0.29) is 6.10 Å². The Morgan fingerprint density at radius 2 is 2.25 bits per heavy atom. The van der Waals surface area contributed by atoms with Crippen LogP contribution in [0.15, 0.2) is 11.4 Å². The summed E-state index contributed by atoms with van der Waals surface area (Å²) in [5, 5.41) is 12.0. The van der Waals surface area contributed by atoms with Gasteiger partial charge in [-0.05, 0) is 30.7 Å². The molecule has 0 bridgehead atoms. The maximum atomic E-state index is 9.17. The maximum absolute atomic E-state index is 9.17. The fraction of sp³-hybridized carbons (Fsp3) is 0.556. The first-order valence-corrected chi connectivity index (χ1v) is 5.28. The van der Waals surface area contributed by atoms with E-state index < -0.39 is 0 Å². The number of hydrogen-bond acceptors (Lipinski definition) is 2. The van der Waals surface area contributed by atoms with E-state index in [4.69, 9.17) is 11.6 Å². The molecular formula is C9H13ClOS. The second-order valence-electron chi connectivity index (χ2n) is 3.12. The van der Waals surface area contributed by atoms with Crippen molar-refractivity contribution in [2.75, 3.05) is 0 Å². The molecule has 1 heterocycles. The first-order chi connectivity index (χ1) is 5.61. The minimum absolute atomic E-state index is 0.252. The second kappa shape index (κ2) is 4.26. The van der Waals surface area contributed by atoms with Crippen LogP contribution in [0.5, 0.6) is 0 Å². The SMILES string of the molecule is CC(O)CC(C)c1sccc1Cl. The average molecular weight is 205 g/mol. The summed E-state index contributed by atoms with van der Waals surface area (Å²) < 4.78 is 0. The van der Waals surface area contributed by atoms with Crippen molar-refractivity contribution in [3.8, 4) is 0 Å². The molecule has 68 valence electrons. The summed E-state index contributed by atoms with van der Waals surface area (Å²) >= 11 is 7.60. The van der Waals surface area contributed by atoms with E-state index in [0.29, 0.717) is 5.92 Å². The first kappa shape index (κ1) is 10.0. The Morgan fingerprint density at radius 1 is 1.58 bits per heavy atom. The summed E-state index contributed by atoms with van der Waals surface area (Å²) in [6.07, 6.45) is 0.526. The number of rotatable bonds is 3. The second-order valence-corrected chi connectivity index (χ2v) is 4.47. The lowest BCUT2D eigenvalue weighted by atomic mass is 10.0. The van der Waals surface area contributed by atoms with Crippen molar-refractivity contribution in [2.45, 2.75) is 32.3 Å². The van der Waals surface area contributed by atoms with Gasteiger partial charge in [-0.2, -0.15) is 0 Å². The van der Waals surface area contributed by atoms with Crippen LogP contribution < -0.4 is 0 Å². The quantitative estimate of drug-likeness (QED) is 0.802. The molecule has 0 aromatic carbocycles. The summed E-state index contributed by atoms with van der Waals surface area (Å²) in [5.41, 5.74) is 0. The molecule has 0 aliphatic rings. The van der Waals surface area contributed by atoms with E-state index in [2.05, 4.69) is 6.92 Å². The van der Waals surface area contributed by atoms with Gasteiger partial charge in [0.15, 0.2) is 0 Å². The molecule has 0 amide bonds. The zero-order chi connectivity index (χ0) is 9.14. The van der Waals surface area contributed by atoms with Gasteiger partial charge in [-0.3, -0.25) is 0 Å². The van der Waals surface area contributed by atoms with Gasteiger partial charge in [-0.25, -0.2) is 0 Å². The van der Waals surface area contributed by atoms with Crippen LogP contribution in [0, 0.1) is 0 Å². The van der Waals surface area contributed by atoms with Gasteiger partial charge in [-0.1, -0.05) is 18.5 Å². The van der Waals surface area contributed by atoms with Crippen molar-refractivity contribution < 1.29 is 5.11 Å². The molecule has 12 heavy (non-hydrogen) atoms. The molecule has 1 aromatic heterocycles. The zero-order valence-corrected chi connectivity index (χ0v) is 8.82. The van der Waals surface area contributed by atoms with Crippen molar-refractivity contribution in [3.63, 3.8) is 0 Å². The van der Waals surface area contributed by atoms with Gasteiger partial charge in [0.1, 0.15) is 0 Å². The monoisotopic (exact) mass is 204 g/mol. The largest absolute Gasteiger partial charge is 0.393 e. The molecule has 1 aromatic rings. The van der Waals surface area contributed by atoms with E-state index in [1.54, 1.807) is 18.3 Å². The number of aliphatic hydroxyl groups is 1. The molecule has 2 unspecified atom stereocenters. The Bertz CT molecular complexity index is 244. The van der Waals surface area contributed by atoms with Gasteiger partial charge in [0.2, 0.25) is 0 Å². The van der Waals surface area contributed by atoms with Crippen LogP contribution >= 0.6 is 22.9 Å². The van der Waals surface area contributed by atoms with Gasteiger partial charge in [0, 0.05) is 4.88 Å². The summed E-state index contributed by atoms with van der Waals surface area (Å²) in [4.78, 5) is 1.18. The molecule has 0 fully saturated rings. The summed E-state index contributed by atoms with van der Waals surface area (Å²) in [6.45, 7) is 3.89. The highest BCUT2D eigenvalue weighted by Gasteiger charge is 2.12. The predicted molar refractivity (Wildman–Crippen MR) is 54.0 cm³/mol. The van der Waals surface area contributed by atoms with Crippen LogP contribution in [0.1, 0.15) is 31.1 Å². The van der Waals surface area contributed by atoms with E-state index in [9.17, 15) is 5.11 Å². The number of thiophene rings is 1. The van der Waals surface area contributed by atoms with Crippen LogP contribution in [0.3, 0.4) is 0 Å². The third-order valence-corrected chi connectivity index (χ3v) is 3.38. The minimum Gasteiger partial charge on any atom is -0.393 e. The third-order valence-electron chi connectivity index (χ3n) is 1.79. The normalized spacial score (nSPS) is 16.0. The van der Waals surface area contributed by atoms with Gasteiger partial charge in [0.05, 0.1) is 11.1 Å². The summed E-state index contributed by atoms with van der Waals surface area (Å²) in [7, 11) is 0. The van der Waals surface area contributed by atoms with Gasteiger partial charge in [0.25, 0.3) is 0 Å². The Labute approximate surface area is 82.0 Å². The third kappa shape index (κ3) is 2.47. The smallest absolute Gasteiger partial charge is 0.0547 e. The van der Waals surface area contributed by atoms with Crippen LogP contribution in [-0.2, 0) is 0 Å². The topological polar surface area (TPSA) is 20.2 Å². The fourth-order valence-corrected chi connectivity index (χ4v) is 2.59. The molecule has 0 aliphatic carbocycles. The van der Waals surface area contributed by atoms with E-state index in [0.717, 1.165) is 11.4 Å². The summed E-state index contributed by atoms with van der Waals surface area (Å²) in [5.74, 6) is 0.359. The van der Waals surface area contributed by atoms with Crippen molar-refractivity contribution in [3.05, 3.63) is 21.3 Å². The number of hydrogen-bond donors (Lipinski definition) is 1. The molecule has 2 atom stereocenters. The van der Waals surface area contributed by atoms with Crippen molar-refractivity contribution >= 4 is 22.9 Å². The number of halogens is 1. The van der Waals surface area contributed by atoms with Gasteiger partial charge < -0.3 is 5.11 Å². The molecule has 0 aliphatic heterocycles. The van der Waals surface area contributed by atoms with Crippen LogP contribution in [0.4, 0.5) is 0 Å². The standard InChI is InChI=1S/C9H13ClOS/c1-6(5-7(2)11)9-8(10)3-4-12-9/h3-4,6-7,11H,5H2,1-2H3. The first-order valence-electron chi connectivity index (χ1n) is 4.02. The lowest BCUT2D eigenvalue weighted by Gasteiger charge is -2.11. The highest BCUT2D eigenvalue weighted by atomic mass is 35.5. The average Bonchev–Trinajstić information content (AvgIpc) is 2.33. The highest BCUT2D eigenvalue weighted by Crippen LogP contribution is 2.32. The van der Waals surface area contributed by atoms with E-state index >= 15 is 0 Å². The van der Waals surface area contributed by atoms with Crippen molar-refractivity contribution in [1.82, 2.24) is 0 Å². The zero-order valence-electron chi connectivity index (χ0n) is 7.25. The molecule has 1 N–H and O–H groups in total. The lowest BCUT2D eigenvalue weighted by molar-refractivity contribution is 0.177. The highest BCUT2D eigenvalue weighted by molar-refractivity contribution is 7.10. The molecule has 1 nitrogen and oxygen atoms in total. The predicted octanol–water partition coefficient (Wildman–Crippen LogP) is 3.28. The maximum Gasteiger partial charge on any atom is 0.0547 e. The molecule has 3 heteroatoms. The fourth-order valence-electron chi connectivity index (χ4n) is 1.28. The molecular weight excluding hydrogens is 192 g/mol. The van der Waals surface area contributed by atoms with Crippen molar-refractivity contribution in [1.29, 1.82) is 0 Å². The Morgan fingerprint density at radius 3 is 2.67 bits per heavy atom. The van der Waals surface area contributed by atoms with E-state index in [1.165, 1.54) is 4.88 Å². The van der Waals surface area contributed by atoms with Crippen LogP contribution in [0.25, 0.3) is 0 Å². The Hall–Kier alpha value is -0.0500. The lowest BCUT2D eigenvalue weighted by Crippen LogP contribution is -2.04. The molecule has 0 saturated carbocycles. The van der Waals surface area contributed by atoms with Crippen molar-refractivity contribution in [2.24, 2.45) is 0 Å². The molecule has 0 spiro atoms. The molecule has 0 saturated heterocycles. The van der Waals surface area contributed by atoms with E-state index in [1.807, 2.05) is 11.4 Å². The van der Waals surface area contributed by atoms with Gasteiger partial charge >= 0.3 is 0 Å². The van der Waals surface area contributed by atoms with Crippen LogP contribution in [-0.4, -0.2) is 11.2 Å². The number of aliphatic hydroxyl groups excluding tert-OH is 1. The summed E-state index contributed by atoms with van der Waals surface area (Å²) in [6, 6.07) is 1.90. The molecule has 1 rings (SSSR count). The van der Waals surface area contributed by atoms with Gasteiger partial charge in [-0.15, -0.1) is 11.3 Å². The Balaban J connectivity index is 2.65. The Kier molecular flexibility index (Phi) is 3.56. The van der Waals surface area contributed by atoms with Crippen LogP contribution in [0.2, 0.25) is 5.02 Å².